The van der Waals surface area contributed by atoms with Crippen molar-refractivity contribution >= 4 is 0 Å². The van der Waals surface area contributed by atoms with Crippen LogP contribution >= 0.6 is 0 Å². The first-order valence-electron chi connectivity index (χ1n) is 7.20. The zero-order valence-corrected chi connectivity index (χ0v) is 11.0. The highest BCUT2D eigenvalue weighted by Crippen LogP contribution is 2.49. The minimum absolute atomic E-state index is 0.137. The maximum atomic E-state index is 13.1. The van der Waals surface area contributed by atoms with Crippen LogP contribution in [-0.2, 0) is 6.54 Å². The molecule has 2 bridgehead atoms. The maximum absolute atomic E-state index is 13.1. The molecule has 18 heavy (non-hydrogen) atoms. The predicted octanol–water partition coefficient (Wildman–Crippen LogP) is 3.74. The molecule has 0 heterocycles. The summed E-state index contributed by atoms with van der Waals surface area (Å²) in [6.45, 7) is 3.08. The monoisotopic (exact) mass is 247 g/mol. The molecule has 2 heteroatoms. The first-order valence-corrected chi connectivity index (χ1v) is 7.20. The number of rotatable bonds is 4. The third-order valence-corrected chi connectivity index (χ3v) is 4.95. The second kappa shape index (κ2) is 5.00. The van der Waals surface area contributed by atoms with Gasteiger partial charge < -0.3 is 5.32 Å². The second-order valence-electron chi connectivity index (χ2n) is 6.14. The summed E-state index contributed by atoms with van der Waals surface area (Å²) < 4.78 is 13.1. The molecular weight excluding hydrogens is 225 g/mol. The number of fused-ring (bicyclic) bond motifs is 2. The molecule has 0 spiro atoms. The third-order valence-electron chi connectivity index (χ3n) is 4.95. The van der Waals surface area contributed by atoms with Gasteiger partial charge in [-0.25, -0.2) is 4.39 Å². The van der Waals surface area contributed by atoms with E-state index >= 15 is 0 Å². The highest BCUT2D eigenvalue weighted by molar-refractivity contribution is 5.16. The Morgan fingerprint density at radius 1 is 1.33 bits per heavy atom. The largest absolute Gasteiger partial charge is 0.310 e. The van der Waals surface area contributed by atoms with Crippen LogP contribution in [0.2, 0.25) is 0 Å². The Morgan fingerprint density at radius 3 is 2.89 bits per heavy atom. The van der Waals surface area contributed by atoms with Crippen molar-refractivity contribution in [1.29, 1.82) is 0 Å². The van der Waals surface area contributed by atoms with Crippen LogP contribution in [0.3, 0.4) is 0 Å². The number of benzene rings is 1. The van der Waals surface area contributed by atoms with Crippen LogP contribution in [0, 0.1) is 23.6 Å². The Labute approximate surface area is 109 Å². The normalized spacial score (nSPS) is 31.8. The van der Waals surface area contributed by atoms with E-state index in [9.17, 15) is 4.39 Å². The molecule has 98 valence electrons. The maximum Gasteiger partial charge on any atom is 0.123 e. The molecule has 2 aliphatic carbocycles. The lowest BCUT2D eigenvalue weighted by molar-refractivity contribution is 0.259. The van der Waals surface area contributed by atoms with Crippen molar-refractivity contribution in [2.75, 3.05) is 0 Å². The lowest BCUT2D eigenvalue weighted by Crippen LogP contribution is -2.35. The summed E-state index contributed by atoms with van der Waals surface area (Å²) in [6, 6.07) is 7.46. The molecular formula is C16H22FN. The van der Waals surface area contributed by atoms with Crippen molar-refractivity contribution in [3.63, 3.8) is 0 Å². The number of hydrogen-bond acceptors (Lipinski definition) is 1. The summed E-state index contributed by atoms with van der Waals surface area (Å²) in [4.78, 5) is 0. The fraction of sp³-hybridized carbons (Fsp3) is 0.625. The van der Waals surface area contributed by atoms with Gasteiger partial charge in [0.1, 0.15) is 5.82 Å². The van der Waals surface area contributed by atoms with E-state index in [1.165, 1.54) is 31.7 Å². The highest BCUT2D eigenvalue weighted by atomic mass is 19.1. The fourth-order valence-electron chi connectivity index (χ4n) is 3.98. The van der Waals surface area contributed by atoms with Gasteiger partial charge in [-0.05, 0) is 61.6 Å². The minimum atomic E-state index is -0.137. The van der Waals surface area contributed by atoms with E-state index in [1.54, 1.807) is 12.1 Å². The van der Waals surface area contributed by atoms with Crippen LogP contribution in [0.4, 0.5) is 4.39 Å². The number of hydrogen-bond donors (Lipinski definition) is 1. The smallest absolute Gasteiger partial charge is 0.123 e. The van der Waals surface area contributed by atoms with Crippen LogP contribution in [0.1, 0.15) is 38.2 Å². The van der Waals surface area contributed by atoms with Crippen molar-refractivity contribution in [2.24, 2.45) is 17.8 Å². The second-order valence-corrected chi connectivity index (χ2v) is 6.14. The van der Waals surface area contributed by atoms with Crippen molar-refractivity contribution in [3.05, 3.63) is 35.6 Å². The molecule has 0 radical (unpaired) electrons. The van der Waals surface area contributed by atoms with Gasteiger partial charge in [0.25, 0.3) is 0 Å². The third kappa shape index (κ3) is 2.44. The average molecular weight is 247 g/mol. The Kier molecular flexibility index (Phi) is 3.38. The van der Waals surface area contributed by atoms with Gasteiger partial charge in [-0.3, -0.25) is 0 Å². The van der Waals surface area contributed by atoms with Gasteiger partial charge in [0, 0.05) is 12.6 Å². The highest BCUT2D eigenvalue weighted by Gasteiger charge is 2.41. The van der Waals surface area contributed by atoms with Crippen molar-refractivity contribution < 1.29 is 4.39 Å². The van der Waals surface area contributed by atoms with Crippen LogP contribution in [0.15, 0.2) is 24.3 Å². The number of nitrogens with one attached hydrogen (secondary N) is 1. The molecule has 2 aliphatic rings. The van der Waals surface area contributed by atoms with Gasteiger partial charge in [0.2, 0.25) is 0 Å². The molecule has 2 saturated carbocycles. The van der Waals surface area contributed by atoms with Crippen molar-refractivity contribution in [2.45, 2.75) is 45.2 Å². The van der Waals surface area contributed by atoms with E-state index < -0.39 is 0 Å². The lowest BCUT2D eigenvalue weighted by Gasteiger charge is -2.28. The van der Waals surface area contributed by atoms with Crippen molar-refractivity contribution in [3.8, 4) is 0 Å². The zero-order chi connectivity index (χ0) is 12.5. The summed E-state index contributed by atoms with van der Waals surface area (Å²) in [5.41, 5.74) is 1.05. The van der Waals surface area contributed by atoms with Gasteiger partial charge in [-0.2, -0.15) is 0 Å². The summed E-state index contributed by atoms with van der Waals surface area (Å²) in [5, 5.41) is 3.59. The van der Waals surface area contributed by atoms with E-state index in [-0.39, 0.29) is 5.82 Å². The van der Waals surface area contributed by atoms with Gasteiger partial charge in [0.05, 0.1) is 0 Å². The Balaban J connectivity index is 1.54. The van der Waals surface area contributed by atoms with Crippen LogP contribution in [0.5, 0.6) is 0 Å². The van der Waals surface area contributed by atoms with Gasteiger partial charge in [-0.1, -0.05) is 18.6 Å². The summed E-state index contributed by atoms with van der Waals surface area (Å²) in [7, 11) is 0. The first kappa shape index (κ1) is 12.2. The van der Waals surface area contributed by atoms with Crippen LogP contribution in [-0.4, -0.2) is 6.04 Å². The molecule has 4 atom stereocenters. The van der Waals surface area contributed by atoms with Gasteiger partial charge in [0.15, 0.2) is 0 Å². The minimum Gasteiger partial charge on any atom is -0.310 e. The summed E-state index contributed by atoms with van der Waals surface area (Å²) in [6.07, 6.45) is 5.75. The molecule has 0 unspecified atom stereocenters. The summed E-state index contributed by atoms with van der Waals surface area (Å²) >= 11 is 0. The zero-order valence-electron chi connectivity index (χ0n) is 11.0. The molecule has 2 fully saturated rings. The quantitative estimate of drug-likeness (QED) is 0.854. The van der Waals surface area contributed by atoms with E-state index in [0.717, 1.165) is 29.9 Å². The Bertz CT molecular complexity index is 417. The van der Waals surface area contributed by atoms with E-state index in [1.807, 2.05) is 6.07 Å². The van der Waals surface area contributed by atoms with Crippen LogP contribution in [0.25, 0.3) is 0 Å². The molecule has 1 aromatic rings. The van der Waals surface area contributed by atoms with Crippen molar-refractivity contribution in [1.82, 2.24) is 5.32 Å². The standard InChI is InChI=1S/C16H22FN/c1-11(16-9-12-5-6-14(16)7-12)18-10-13-3-2-4-15(17)8-13/h2-4,8,11-12,14,16,18H,5-7,9-10H2,1H3/t11-,12+,14+,16+/m0/s1. The molecule has 3 rings (SSSR count). The Hall–Kier alpha value is -0.890. The van der Waals surface area contributed by atoms with Gasteiger partial charge >= 0.3 is 0 Å². The first-order chi connectivity index (χ1) is 8.72. The molecule has 0 amide bonds. The topological polar surface area (TPSA) is 12.0 Å². The SMILES string of the molecule is C[C@H](NCc1cccc(F)c1)[C@H]1C[C@@H]2CC[C@@H]1C2. The predicted molar refractivity (Wildman–Crippen MR) is 71.6 cm³/mol. The van der Waals surface area contributed by atoms with E-state index in [4.69, 9.17) is 0 Å². The van der Waals surface area contributed by atoms with Gasteiger partial charge in [-0.15, -0.1) is 0 Å². The lowest BCUT2D eigenvalue weighted by atomic mass is 9.84. The average Bonchev–Trinajstić information content (AvgIpc) is 2.98. The molecule has 0 aliphatic heterocycles. The molecule has 0 saturated heterocycles. The van der Waals surface area contributed by atoms with E-state index in [2.05, 4.69) is 12.2 Å². The molecule has 0 aromatic heterocycles. The Morgan fingerprint density at radius 2 is 2.22 bits per heavy atom. The van der Waals surface area contributed by atoms with E-state index in [0.29, 0.717) is 6.04 Å². The molecule has 1 N–H and O–H groups in total. The molecule has 1 nitrogen and oxygen atoms in total. The molecule has 1 aromatic carbocycles. The number of halogens is 1. The van der Waals surface area contributed by atoms with Crippen LogP contribution < -0.4 is 5.32 Å². The summed E-state index contributed by atoms with van der Waals surface area (Å²) in [5.74, 6) is 2.66. The fourth-order valence-corrected chi connectivity index (χ4v) is 3.98.